The zero-order chi connectivity index (χ0) is 24.4. The summed E-state index contributed by atoms with van der Waals surface area (Å²) < 4.78 is 7.14. The van der Waals surface area contributed by atoms with Crippen molar-refractivity contribution in [1.82, 2.24) is 20.2 Å². The topological polar surface area (TPSA) is 133 Å². The number of aliphatic imine (C=N–C) groups is 1. The maximum atomic E-state index is 13.1. The van der Waals surface area contributed by atoms with Crippen molar-refractivity contribution in [2.45, 2.75) is 56.9 Å². The second-order valence-corrected chi connectivity index (χ2v) is 8.58. The Labute approximate surface area is 197 Å². The van der Waals surface area contributed by atoms with E-state index in [1.165, 1.54) is 5.01 Å². The maximum absolute atomic E-state index is 13.1. The molecule has 1 aromatic heterocycles. The van der Waals surface area contributed by atoms with Crippen LogP contribution in [-0.2, 0) is 9.53 Å². The molecule has 2 saturated carbocycles. The number of aliphatic hydroxyl groups excluding tert-OH is 1. The fourth-order valence-electron chi connectivity index (χ4n) is 4.20. The van der Waals surface area contributed by atoms with Gasteiger partial charge in [0.15, 0.2) is 5.82 Å². The highest BCUT2D eigenvalue weighted by Crippen LogP contribution is 2.33. The van der Waals surface area contributed by atoms with E-state index in [1.807, 2.05) is 0 Å². The molecule has 0 radical (unpaired) electrons. The smallest absolute Gasteiger partial charge is 0.274 e. The summed E-state index contributed by atoms with van der Waals surface area (Å²) in [6.07, 6.45) is 6.11. The molecule has 0 aromatic carbocycles. The lowest BCUT2D eigenvalue weighted by Gasteiger charge is -2.36. The molecule has 2 fully saturated rings. The van der Waals surface area contributed by atoms with Crippen LogP contribution in [0, 0.1) is 0 Å². The molecule has 2 heterocycles. The van der Waals surface area contributed by atoms with E-state index < -0.39 is 6.10 Å². The third-order valence-corrected chi connectivity index (χ3v) is 6.63. The maximum Gasteiger partial charge on any atom is 0.274 e. The highest BCUT2D eigenvalue weighted by atomic mass is 16.5. The van der Waals surface area contributed by atoms with Crippen LogP contribution >= 0.6 is 0 Å². The Hall–Kier alpha value is -3.44. The number of anilines is 1. The van der Waals surface area contributed by atoms with Crippen LogP contribution < -0.4 is 21.5 Å². The van der Waals surface area contributed by atoms with Crippen LogP contribution in [0.4, 0.5) is 5.69 Å². The van der Waals surface area contributed by atoms with Gasteiger partial charge in [-0.3, -0.25) is 9.59 Å². The minimum Gasteiger partial charge on any atom is -0.391 e. The molecule has 0 spiro atoms. The normalized spacial score (nSPS) is 27.5. The van der Waals surface area contributed by atoms with Gasteiger partial charge in [-0.2, -0.15) is 10.1 Å². The first-order valence-corrected chi connectivity index (χ1v) is 11.3. The highest BCUT2D eigenvalue weighted by Gasteiger charge is 2.34. The predicted molar refractivity (Wildman–Crippen MR) is 129 cm³/mol. The summed E-state index contributed by atoms with van der Waals surface area (Å²) in [4.78, 5) is 30.5. The molecular formula is C23H31N7O4. The number of nitrogens with zero attached hydrogens (tertiary/aromatic N) is 4. The molecule has 0 bridgehead atoms. The third kappa shape index (κ3) is 4.36. The molecule has 4 atom stereocenters. The van der Waals surface area contributed by atoms with Crippen molar-refractivity contribution in [1.29, 1.82) is 0 Å². The lowest BCUT2D eigenvalue weighted by atomic mass is 9.88. The van der Waals surface area contributed by atoms with E-state index >= 15 is 0 Å². The number of rotatable bonds is 7. The molecule has 4 rings (SSSR count). The average molecular weight is 470 g/mol. The number of carbonyl (C=O) groups is 1. The summed E-state index contributed by atoms with van der Waals surface area (Å²) in [7, 11) is 3.36. The molecule has 11 nitrogen and oxygen atoms in total. The van der Waals surface area contributed by atoms with Gasteiger partial charge < -0.3 is 30.4 Å². The highest BCUT2D eigenvalue weighted by molar-refractivity contribution is 6.06. The molecule has 2 aliphatic carbocycles. The standard InChI is InChI=1S/C23H31N7O4/c1-13(22(32)27-14-7-9-17(14)31)21-28-19(12-20(24-2)30(21)25-3)26-15-6-5-11-29(23(15)33)16-8-10-18(16)34-4/h5-6,11-12,14,16-18,24,31H,3,7-10H2,1-2,4H3,(H,26,28)(H,27,32)/b21-13+/t14-,16-,17?,18-/m0/s1. The Bertz CT molecular complexity index is 1120. The van der Waals surface area contributed by atoms with Crippen LogP contribution in [-0.4, -0.2) is 65.6 Å². The van der Waals surface area contributed by atoms with Crippen molar-refractivity contribution < 1.29 is 14.6 Å². The quantitative estimate of drug-likeness (QED) is 0.344. The number of aliphatic hydroxyl groups is 1. The van der Waals surface area contributed by atoms with Crippen LogP contribution in [0.1, 0.15) is 38.6 Å². The van der Waals surface area contributed by atoms with Crippen molar-refractivity contribution in [3.8, 4) is 0 Å². The number of nitrogens with one attached hydrogen (secondary N) is 3. The molecule has 4 N–H and O–H groups in total. The number of amides is 1. The molecule has 1 amide bonds. The lowest BCUT2D eigenvalue weighted by Crippen LogP contribution is -2.50. The number of hydrogen-bond donors (Lipinski definition) is 4. The van der Waals surface area contributed by atoms with E-state index in [2.05, 4.69) is 32.8 Å². The zero-order valence-electron chi connectivity index (χ0n) is 19.6. The number of methoxy groups -OCH3 is 1. The molecule has 182 valence electrons. The first kappa shape index (κ1) is 23.7. The first-order valence-electron chi connectivity index (χ1n) is 11.3. The number of pyridine rings is 1. The number of carbonyl (C=O) groups excluding carboxylic acids is 1. The summed E-state index contributed by atoms with van der Waals surface area (Å²) in [5.74, 6) is 0.783. The second kappa shape index (κ2) is 9.82. The molecule has 11 heteroatoms. The van der Waals surface area contributed by atoms with E-state index in [0.717, 1.165) is 19.3 Å². The van der Waals surface area contributed by atoms with Crippen molar-refractivity contribution in [2.75, 3.05) is 19.5 Å². The van der Waals surface area contributed by atoms with Crippen LogP contribution in [0.25, 0.3) is 0 Å². The van der Waals surface area contributed by atoms with E-state index in [-0.39, 0.29) is 35.5 Å². The van der Waals surface area contributed by atoms with Gasteiger partial charge in [-0.05, 0) is 44.7 Å². The predicted octanol–water partition coefficient (Wildman–Crippen LogP) is 0.872. The number of aromatic nitrogens is 1. The van der Waals surface area contributed by atoms with Crippen molar-refractivity contribution in [2.24, 2.45) is 10.1 Å². The fourth-order valence-corrected chi connectivity index (χ4v) is 4.20. The van der Waals surface area contributed by atoms with Gasteiger partial charge in [0.05, 0.1) is 29.9 Å². The summed E-state index contributed by atoms with van der Waals surface area (Å²) in [5, 5.41) is 24.2. The zero-order valence-corrected chi connectivity index (χ0v) is 19.6. The van der Waals surface area contributed by atoms with Crippen molar-refractivity contribution in [3.63, 3.8) is 0 Å². The van der Waals surface area contributed by atoms with Gasteiger partial charge in [0, 0.05) is 33.1 Å². The second-order valence-electron chi connectivity index (χ2n) is 8.58. The van der Waals surface area contributed by atoms with Gasteiger partial charge in [0.2, 0.25) is 0 Å². The number of ether oxygens (including phenoxy) is 1. The van der Waals surface area contributed by atoms with Gasteiger partial charge in [0.1, 0.15) is 17.3 Å². The first-order chi connectivity index (χ1) is 16.4. The molecule has 34 heavy (non-hydrogen) atoms. The number of amidine groups is 1. The third-order valence-electron chi connectivity index (χ3n) is 6.63. The molecule has 3 aliphatic rings. The summed E-state index contributed by atoms with van der Waals surface area (Å²) in [6, 6.07) is 3.22. The lowest BCUT2D eigenvalue weighted by molar-refractivity contribution is -0.120. The summed E-state index contributed by atoms with van der Waals surface area (Å²) in [6.45, 7) is 5.22. The summed E-state index contributed by atoms with van der Waals surface area (Å²) >= 11 is 0. The largest absolute Gasteiger partial charge is 0.391 e. The molecular weight excluding hydrogens is 438 g/mol. The fraction of sp³-hybridized carbons (Fsp3) is 0.478. The van der Waals surface area contributed by atoms with Crippen LogP contribution in [0.3, 0.4) is 0 Å². The minimum absolute atomic E-state index is 0.000308. The average Bonchev–Trinajstić information content (AvgIpc) is 2.82. The van der Waals surface area contributed by atoms with Gasteiger partial charge >= 0.3 is 0 Å². The Morgan fingerprint density at radius 2 is 2.12 bits per heavy atom. The monoisotopic (exact) mass is 469 g/mol. The Balaban J connectivity index is 1.64. The Kier molecular flexibility index (Phi) is 6.85. The number of hydrogen-bond acceptors (Lipinski definition) is 9. The van der Waals surface area contributed by atoms with Crippen molar-refractivity contribution in [3.05, 3.63) is 52.0 Å². The Morgan fingerprint density at radius 1 is 1.32 bits per heavy atom. The number of hydrazone groups is 1. The van der Waals surface area contributed by atoms with Gasteiger partial charge in [-0.15, -0.1) is 0 Å². The molecule has 1 aliphatic heterocycles. The van der Waals surface area contributed by atoms with E-state index in [0.29, 0.717) is 29.3 Å². The van der Waals surface area contributed by atoms with Gasteiger partial charge in [-0.25, -0.2) is 4.99 Å². The van der Waals surface area contributed by atoms with E-state index in [1.54, 1.807) is 50.1 Å². The van der Waals surface area contributed by atoms with Crippen molar-refractivity contribution >= 4 is 24.1 Å². The minimum atomic E-state index is -0.538. The Morgan fingerprint density at radius 3 is 2.68 bits per heavy atom. The van der Waals surface area contributed by atoms with E-state index in [9.17, 15) is 14.7 Å². The van der Waals surface area contributed by atoms with E-state index in [4.69, 9.17) is 4.74 Å². The molecule has 1 aromatic rings. The van der Waals surface area contributed by atoms with Crippen LogP contribution in [0.2, 0.25) is 0 Å². The van der Waals surface area contributed by atoms with Gasteiger partial charge in [0.25, 0.3) is 11.5 Å². The molecule has 0 saturated heterocycles. The van der Waals surface area contributed by atoms with Crippen LogP contribution in [0.15, 0.2) is 56.5 Å². The molecule has 1 unspecified atom stereocenters. The van der Waals surface area contributed by atoms with Gasteiger partial charge in [-0.1, -0.05) is 0 Å². The summed E-state index contributed by atoms with van der Waals surface area (Å²) in [5.41, 5.74) is 0.475. The SMILES string of the molecule is C=NN1C(NC)=CC(Nc2cccn([C@H]3CC[C@@H]3OC)c2=O)=N/C1=C(/C)C(=O)N[C@H]1CCC1O. The van der Waals surface area contributed by atoms with Crippen LogP contribution in [0.5, 0.6) is 0 Å².